The summed E-state index contributed by atoms with van der Waals surface area (Å²) < 4.78 is 0.645. The fourth-order valence-electron chi connectivity index (χ4n) is 1.71. The molecule has 0 aliphatic heterocycles. The first kappa shape index (κ1) is 15.0. The molecule has 0 fully saturated rings. The summed E-state index contributed by atoms with van der Waals surface area (Å²) in [6, 6.07) is 9.30. The zero-order valence-corrected chi connectivity index (χ0v) is 13.5. The Bertz CT molecular complexity index is 626. The molecule has 0 aliphatic rings. The maximum Gasteiger partial charge on any atom is 0.255 e. The number of nitrogens with zero attached hydrogens (tertiary/aromatic N) is 1. The van der Waals surface area contributed by atoms with Crippen LogP contribution < -0.4 is 5.32 Å². The van der Waals surface area contributed by atoms with Crippen molar-refractivity contribution in [1.29, 1.82) is 0 Å². The topological polar surface area (TPSA) is 42.0 Å². The Morgan fingerprint density at radius 3 is 2.50 bits per heavy atom. The van der Waals surface area contributed by atoms with Crippen LogP contribution >= 0.6 is 27.5 Å². The predicted octanol–water partition coefficient (Wildman–Crippen LogP) is 4.87. The van der Waals surface area contributed by atoms with E-state index in [1.54, 1.807) is 6.07 Å². The predicted molar refractivity (Wildman–Crippen MR) is 85.4 cm³/mol. The van der Waals surface area contributed by atoms with Crippen LogP contribution in [0.15, 0.2) is 41.0 Å². The van der Waals surface area contributed by atoms with E-state index < -0.39 is 0 Å². The van der Waals surface area contributed by atoms with E-state index in [1.807, 2.05) is 24.3 Å². The highest BCUT2D eigenvalue weighted by atomic mass is 79.9. The molecule has 2 aromatic rings. The van der Waals surface area contributed by atoms with Crippen LogP contribution in [0.5, 0.6) is 0 Å². The fraction of sp³-hybridized carbons (Fsp3) is 0.200. The summed E-state index contributed by atoms with van der Waals surface area (Å²) in [6.07, 6.45) is 1.52. The minimum Gasteiger partial charge on any atom is -0.321 e. The second-order valence-corrected chi connectivity index (χ2v) is 5.94. The molecular weight excluding hydrogens is 340 g/mol. The zero-order valence-electron chi connectivity index (χ0n) is 11.2. The second kappa shape index (κ2) is 6.37. The molecule has 0 atom stereocenters. The van der Waals surface area contributed by atoms with Crippen molar-refractivity contribution in [3.8, 4) is 0 Å². The van der Waals surface area contributed by atoms with Gasteiger partial charge in [0, 0.05) is 5.56 Å². The van der Waals surface area contributed by atoms with Gasteiger partial charge in [-0.25, -0.2) is 4.98 Å². The fourth-order valence-corrected chi connectivity index (χ4v) is 2.16. The van der Waals surface area contributed by atoms with Crippen molar-refractivity contribution >= 4 is 39.1 Å². The van der Waals surface area contributed by atoms with Gasteiger partial charge in [0.15, 0.2) is 0 Å². The molecule has 5 heteroatoms. The van der Waals surface area contributed by atoms with E-state index in [1.165, 1.54) is 11.8 Å². The van der Waals surface area contributed by atoms with Crippen LogP contribution in [0, 0.1) is 0 Å². The van der Waals surface area contributed by atoms with Gasteiger partial charge in [-0.3, -0.25) is 4.79 Å². The van der Waals surface area contributed by atoms with E-state index >= 15 is 0 Å². The largest absolute Gasteiger partial charge is 0.321 e. The molecular formula is C15H14BrClN2O. The molecule has 1 aromatic carbocycles. The van der Waals surface area contributed by atoms with Crippen LogP contribution in [0.2, 0.25) is 5.15 Å². The lowest BCUT2D eigenvalue weighted by Gasteiger charge is -2.08. The summed E-state index contributed by atoms with van der Waals surface area (Å²) in [5.41, 5.74) is 2.41. The molecule has 0 bridgehead atoms. The molecule has 0 spiro atoms. The Balaban J connectivity index is 2.13. The number of pyridine rings is 1. The maximum absolute atomic E-state index is 12.1. The van der Waals surface area contributed by atoms with Gasteiger partial charge in [-0.05, 0) is 45.6 Å². The molecule has 3 nitrogen and oxygen atoms in total. The van der Waals surface area contributed by atoms with E-state index in [-0.39, 0.29) is 5.91 Å². The van der Waals surface area contributed by atoms with E-state index in [0.29, 0.717) is 26.8 Å². The molecule has 0 radical (unpaired) electrons. The Labute approximate surface area is 131 Å². The molecule has 1 amide bonds. The number of carbonyl (C=O) groups is 1. The molecule has 2 rings (SSSR count). The Morgan fingerprint density at radius 2 is 1.95 bits per heavy atom. The van der Waals surface area contributed by atoms with Crippen molar-refractivity contribution in [1.82, 2.24) is 4.98 Å². The molecule has 0 saturated carbocycles. The smallest absolute Gasteiger partial charge is 0.255 e. The number of nitrogens with one attached hydrogen (secondary N) is 1. The first-order valence-electron chi connectivity index (χ1n) is 6.19. The number of aromatic nitrogens is 1. The molecule has 1 N–H and O–H groups in total. The minimum absolute atomic E-state index is 0.170. The van der Waals surface area contributed by atoms with Crippen molar-refractivity contribution in [3.05, 3.63) is 57.3 Å². The molecule has 1 heterocycles. The maximum atomic E-state index is 12.1. The Morgan fingerprint density at radius 1 is 1.30 bits per heavy atom. The van der Waals surface area contributed by atoms with Gasteiger partial charge < -0.3 is 5.32 Å². The van der Waals surface area contributed by atoms with Crippen molar-refractivity contribution in [2.45, 2.75) is 19.8 Å². The normalized spacial score (nSPS) is 10.7. The van der Waals surface area contributed by atoms with Crippen molar-refractivity contribution in [2.75, 3.05) is 5.32 Å². The SMILES string of the molecule is CC(C)c1ccc(C(=O)Nc2cnc(Cl)c(Br)c2)cc1. The lowest BCUT2D eigenvalue weighted by Crippen LogP contribution is -2.12. The highest BCUT2D eigenvalue weighted by Crippen LogP contribution is 2.23. The van der Waals surface area contributed by atoms with Crippen LogP contribution in [-0.2, 0) is 0 Å². The lowest BCUT2D eigenvalue weighted by atomic mass is 10.0. The van der Waals surface area contributed by atoms with Crippen LogP contribution in [-0.4, -0.2) is 10.9 Å². The number of halogens is 2. The van der Waals surface area contributed by atoms with Crippen molar-refractivity contribution in [3.63, 3.8) is 0 Å². The Hall–Kier alpha value is -1.39. The molecule has 0 unspecified atom stereocenters. The van der Waals surface area contributed by atoms with Crippen LogP contribution in [0.3, 0.4) is 0 Å². The summed E-state index contributed by atoms with van der Waals surface area (Å²) in [4.78, 5) is 16.1. The summed E-state index contributed by atoms with van der Waals surface area (Å²) in [6.45, 7) is 4.23. The summed E-state index contributed by atoms with van der Waals surface area (Å²) >= 11 is 9.08. The number of rotatable bonds is 3. The monoisotopic (exact) mass is 352 g/mol. The highest BCUT2D eigenvalue weighted by Gasteiger charge is 2.08. The van der Waals surface area contributed by atoms with Gasteiger partial charge in [-0.15, -0.1) is 0 Å². The summed E-state index contributed by atoms with van der Waals surface area (Å²) in [5, 5.41) is 3.15. The van der Waals surface area contributed by atoms with Gasteiger partial charge in [0.25, 0.3) is 5.91 Å². The molecule has 1 aromatic heterocycles. The number of hydrogen-bond donors (Lipinski definition) is 1. The standard InChI is InChI=1S/C15H14BrClN2O/c1-9(2)10-3-5-11(6-4-10)15(20)19-12-7-13(16)14(17)18-8-12/h3-9H,1-2H3,(H,19,20). The number of carbonyl (C=O) groups excluding carboxylic acids is 1. The molecule has 20 heavy (non-hydrogen) atoms. The van der Waals surface area contributed by atoms with Gasteiger partial charge in [0.1, 0.15) is 5.15 Å². The molecule has 0 aliphatic carbocycles. The van der Waals surface area contributed by atoms with Crippen molar-refractivity contribution in [2.24, 2.45) is 0 Å². The quantitative estimate of drug-likeness (QED) is 0.800. The molecule has 0 saturated heterocycles. The highest BCUT2D eigenvalue weighted by molar-refractivity contribution is 9.10. The number of benzene rings is 1. The van der Waals surface area contributed by atoms with Gasteiger partial charge in [0.05, 0.1) is 16.4 Å². The van der Waals surface area contributed by atoms with E-state index in [9.17, 15) is 4.79 Å². The second-order valence-electron chi connectivity index (χ2n) is 4.73. The Kier molecular flexibility index (Phi) is 4.78. The zero-order chi connectivity index (χ0) is 14.7. The van der Waals surface area contributed by atoms with Crippen LogP contribution in [0.1, 0.15) is 35.7 Å². The average molecular weight is 354 g/mol. The van der Waals surface area contributed by atoms with E-state index in [0.717, 1.165) is 0 Å². The summed E-state index contributed by atoms with van der Waals surface area (Å²) in [7, 11) is 0. The third kappa shape index (κ3) is 3.58. The summed E-state index contributed by atoms with van der Waals surface area (Å²) in [5.74, 6) is 0.278. The molecule has 104 valence electrons. The number of hydrogen-bond acceptors (Lipinski definition) is 2. The lowest BCUT2D eigenvalue weighted by molar-refractivity contribution is 0.102. The van der Waals surface area contributed by atoms with Crippen LogP contribution in [0.4, 0.5) is 5.69 Å². The number of amides is 1. The van der Waals surface area contributed by atoms with Gasteiger partial charge >= 0.3 is 0 Å². The van der Waals surface area contributed by atoms with E-state index in [2.05, 4.69) is 40.1 Å². The van der Waals surface area contributed by atoms with Gasteiger partial charge in [0.2, 0.25) is 0 Å². The van der Waals surface area contributed by atoms with Crippen molar-refractivity contribution < 1.29 is 4.79 Å². The van der Waals surface area contributed by atoms with E-state index in [4.69, 9.17) is 11.6 Å². The van der Waals surface area contributed by atoms with Crippen LogP contribution in [0.25, 0.3) is 0 Å². The first-order chi connectivity index (χ1) is 9.47. The number of anilines is 1. The van der Waals surface area contributed by atoms with Gasteiger partial charge in [-0.1, -0.05) is 37.6 Å². The average Bonchev–Trinajstić information content (AvgIpc) is 2.43. The minimum atomic E-state index is -0.170. The first-order valence-corrected chi connectivity index (χ1v) is 7.37. The third-order valence-corrected chi connectivity index (χ3v) is 4.03. The third-order valence-electron chi connectivity index (χ3n) is 2.89. The van der Waals surface area contributed by atoms with Gasteiger partial charge in [-0.2, -0.15) is 0 Å².